The molecule has 3 rings (SSSR count). The smallest absolute Gasteiger partial charge is 0.410 e. The highest BCUT2D eigenvalue weighted by atomic mass is 16.6. The van der Waals surface area contributed by atoms with Crippen LogP contribution < -0.4 is 5.32 Å². The number of likely N-dealkylation sites (tertiary alicyclic amines) is 1. The van der Waals surface area contributed by atoms with E-state index in [2.05, 4.69) is 42.1 Å². The molecular weight excluding hydrogens is 404 g/mol. The van der Waals surface area contributed by atoms with Gasteiger partial charge in [0.1, 0.15) is 5.60 Å². The first-order chi connectivity index (χ1) is 15.0. The van der Waals surface area contributed by atoms with Crippen LogP contribution in [0.5, 0.6) is 0 Å². The second-order valence-electron chi connectivity index (χ2n) is 10.4. The van der Waals surface area contributed by atoms with Crippen molar-refractivity contribution in [3.63, 3.8) is 0 Å². The lowest BCUT2D eigenvalue weighted by Gasteiger charge is -2.35. The Hall–Kier alpha value is -2.70. The summed E-state index contributed by atoms with van der Waals surface area (Å²) in [6.45, 7) is 12.9. The van der Waals surface area contributed by atoms with Crippen LogP contribution in [0.1, 0.15) is 47.5 Å². The summed E-state index contributed by atoms with van der Waals surface area (Å²) in [6.07, 6.45) is 3.70. The van der Waals surface area contributed by atoms with Crippen LogP contribution >= 0.6 is 0 Å². The lowest BCUT2D eigenvalue weighted by molar-refractivity contribution is 0.0253. The van der Waals surface area contributed by atoms with Gasteiger partial charge in [-0.25, -0.2) is 9.59 Å². The molecule has 1 fully saturated rings. The zero-order valence-electron chi connectivity index (χ0n) is 20.4. The van der Waals surface area contributed by atoms with Gasteiger partial charge < -0.3 is 24.4 Å². The molecular formula is C25H38N4O3. The predicted molar refractivity (Wildman–Crippen MR) is 129 cm³/mol. The van der Waals surface area contributed by atoms with Crippen molar-refractivity contribution < 1.29 is 14.3 Å². The number of carbonyl (C=O) groups excluding carboxylic acids is 2. The average Bonchev–Trinajstić information content (AvgIpc) is 3.08. The molecule has 0 bridgehead atoms. The molecule has 1 N–H and O–H groups in total. The van der Waals surface area contributed by atoms with Crippen LogP contribution in [0.3, 0.4) is 0 Å². The summed E-state index contributed by atoms with van der Waals surface area (Å²) < 4.78 is 7.70. The molecule has 1 unspecified atom stereocenters. The fourth-order valence-electron chi connectivity index (χ4n) is 4.23. The number of amides is 3. The van der Waals surface area contributed by atoms with Gasteiger partial charge in [-0.3, -0.25) is 0 Å². The maximum absolute atomic E-state index is 12.9. The maximum atomic E-state index is 12.9. The summed E-state index contributed by atoms with van der Waals surface area (Å²) in [5.74, 6) is 0.811. The fraction of sp³-hybridized carbons (Fsp3) is 0.600. The number of fused-ring (bicyclic) bond motifs is 1. The predicted octanol–water partition coefficient (Wildman–Crippen LogP) is 5.41. The lowest BCUT2D eigenvalue weighted by Crippen LogP contribution is -2.46. The monoisotopic (exact) mass is 442 g/mol. The summed E-state index contributed by atoms with van der Waals surface area (Å²) in [6, 6.07) is 8.07. The Balaban J connectivity index is 1.57. The van der Waals surface area contributed by atoms with Crippen LogP contribution in [-0.2, 0) is 11.3 Å². The molecule has 1 aromatic carbocycles. The Morgan fingerprint density at radius 2 is 2.00 bits per heavy atom. The van der Waals surface area contributed by atoms with Gasteiger partial charge in [0.2, 0.25) is 0 Å². The van der Waals surface area contributed by atoms with E-state index >= 15 is 0 Å². The number of rotatable bonds is 5. The average molecular weight is 443 g/mol. The van der Waals surface area contributed by atoms with Crippen LogP contribution in [0.4, 0.5) is 15.3 Å². The van der Waals surface area contributed by atoms with Crippen molar-refractivity contribution in [3.8, 4) is 0 Å². The number of piperidine rings is 1. The van der Waals surface area contributed by atoms with E-state index in [4.69, 9.17) is 4.74 Å². The van der Waals surface area contributed by atoms with Gasteiger partial charge in [-0.1, -0.05) is 13.8 Å². The molecule has 3 amide bonds. The van der Waals surface area contributed by atoms with Gasteiger partial charge in [-0.05, 0) is 69.7 Å². The highest BCUT2D eigenvalue weighted by molar-refractivity contribution is 5.93. The van der Waals surface area contributed by atoms with Crippen molar-refractivity contribution in [2.45, 2.75) is 59.6 Å². The minimum atomic E-state index is -0.513. The van der Waals surface area contributed by atoms with E-state index in [9.17, 15) is 9.59 Å². The van der Waals surface area contributed by atoms with Crippen molar-refractivity contribution >= 4 is 28.7 Å². The molecule has 32 heavy (non-hydrogen) atoms. The number of nitrogens with one attached hydrogen (secondary N) is 1. The number of aromatic nitrogens is 1. The highest BCUT2D eigenvalue weighted by Gasteiger charge is 2.27. The molecule has 1 atom stereocenters. The second-order valence-corrected chi connectivity index (χ2v) is 10.4. The fourth-order valence-corrected chi connectivity index (χ4v) is 4.23. The third kappa shape index (κ3) is 6.40. The van der Waals surface area contributed by atoms with Crippen LogP contribution in [0.25, 0.3) is 10.9 Å². The highest BCUT2D eigenvalue weighted by Crippen LogP contribution is 2.23. The molecule has 0 saturated carbocycles. The molecule has 0 spiro atoms. The maximum Gasteiger partial charge on any atom is 0.410 e. The molecule has 1 aliphatic heterocycles. The Bertz CT molecular complexity index is 944. The van der Waals surface area contributed by atoms with E-state index in [1.165, 1.54) is 5.52 Å². The van der Waals surface area contributed by atoms with Gasteiger partial charge in [0.15, 0.2) is 0 Å². The first kappa shape index (κ1) is 24.0. The van der Waals surface area contributed by atoms with E-state index in [1.807, 2.05) is 37.8 Å². The van der Waals surface area contributed by atoms with Crippen LogP contribution in [0, 0.1) is 11.8 Å². The molecule has 7 heteroatoms. The first-order valence-electron chi connectivity index (χ1n) is 11.6. The molecule has 0 radical (unpaired) electrons. The van der Waals surface area contributed by atoms with Crippen molar-refractivity contribution in [2.24, 2.45) is 11.8 Å². The Labute approximate surface area is 191 Å². The normalized spacial score (nSPS) is 17.0. The zero-order chi connectivity index (χ0) is 23.5. The van der Waals surface area contributed by atoms with Gasteiger partial charge in [-0.2, -0.15) is 0 Å². The van der Waals surface area contributed by atoms with E-state index in [0.717, 1.165) is 37.0 Å². The minimum absolute atomic E-state index is 0.0874. The largest absolute Gasteiger partial charge is 0.444 e. The van der Waals surface area contributed by atoms with E-state index in [0.29, 0.717) is 19.0 Å². The Morgan fingerprint density at radius 1 is 1.25 bits per heavy atom. The summed E-state index contributed by atoms with van der Waals surface area (Å²) in [5.41, 5.74) is 1.47. The number of hydrogen-bond donors (Lipinski definition) is 1. The molecule has 2 heterocycles. The second kappa shape index (κ2) is 9.84. The number of hydrogen-bond acceptors (Lipinski definition) is 3. The van der Waals surface area contributed by atoms with Gasteiger partial charge in [-0.15, -0.1) is 0 Å². The van der Waals surface area contributed by atoms with Gasteiger partial charge in [0.05, 0.1) is 0 Å². The summed E-state index contributed by atoms with van der Waals surface area (Å²) in [5, 5.41) is 4.18. The molecule has 7 nitrogen and oxygen atoms in total. The molecule has 1 aliphatic rings. The summed E-state index contributed by atoms with van der Waals surface area (Å²) in [7, 11) is 1.76. The van der Waals surface area contributed by atoms with Crippen molar-refractivity contribution in [1.29, 1.82) is 0 Å². The number of carbonyl (C=O) groups is 2. The Morgan fingerprint density at radius 3 is 2.69 bits per heavy atom. The van der Waals surface area contributed by atoms with Gasteiger partial charge >= 0.3 is 12.1 Å². The molecule has 2 aromatic rings. The summed E-state index contributed by atoms with van der Waals surface area (Å²) in [4.78, 5) is 28.6. The quantitative estimate of drug-likeness (QED) is 0.673. The SMILES string of the molecule is CC(C)Cn1ccc2cc(NC(=O)N3CCCC(CN(C)C(=O)OC(C)(C)C)C3)ccc21. The topological polar surface area (TPSA) is 66.8 Å². The minimum Gasteiger partial charge on any atom is -0.444 e. The third-order valence-electron chi connectivity index (χ3n) is 5.63. The molecule has 1 aromatic heterocycles. The number of benzene rings is 1. The molecule has 0 aliphatic carbocycles. The summed E-state index contributed by atoms with van der Waals surface area (Å²) >= 11 is 0. The van der Waals surface area contributed by atoms with Crippen molar-refractivity contribution in [3.05, 3.63) is 30.5 Å². The van der Waals surface area contributed by atoms with Crippen LogP contribution in [-0.4, -0.2) is 58.8 Å². The number of nitrogens with zero attached hydrogens (tertiary/aromatic N) is 3. The number of urea groups is 1. The number of ether oxygens (including phenoxy) is 1. The van der Waals surface area contributed by atoms with E-state index < -0.39 is 5.60 Å². The van der Waals surface area contributed by atoms with Crippen molar-refractivity contribution in [2.75, 3.05) is 32.0 Å². The van der Waals surface area contributed by atoms with E-state index in [1.54, 1.807) is 11.9 Å². The van der Waals surface area contributed by atoms with E-state index in [-0.39, 0.29) is 18.0 Å². The van der Waals surface area contributed by atoms with Crippen LogP contribution in [0.15, 0.2) is 30.5 Å². The van der Waals surface area contributed by atoms with Gasteiger partial charge in [0, 0.05) is 56.0 Å². The molecule has 1 saturated heterocycles. The van der Waals surface area contributed by atoms with Crippen molar-refractivity contribution in [1.82, 2.24) is 14.4 Å². The first-order valence-corrected chi connectivity index (χ1v) is 11.6. The zero-order valence-corrected chi connectivity index (χ0v) is 20.4. The van der Waals surface area contributed by atoms with Crippen LogP contribution in [0.2, 0.25) is 0 Å². The standard InChI is InChI=1S/C25H38N4O3/c1-18(2)15-28-13-11-20-14-21(9-10-22(20)28)26-23(30)29-12-7-8-19(17-29)16-27(6)24(31)32-25(3,4)5/h9-11,13-14,18-19H,7-8,12,15-17H2,1-6H3,(H,26,30). The van der Waals surface area contributed by atoms with Gasteiger partial charge in [0.25, 0.3) is 0 Å². The lowest BCUT2D eigenvalue weighted by atomic mass is 9.98. The third-order valence-corrected chi connectivity index (χ3v) is 5.63. The Kier molecular flexibility index (Phi) is 7.36. The molecule has 176 valence electrons. The number of anilines is 1.